The lowest BCUT2D eigenvalue weighted by atomic mass is 9.45. The van der Waals surface area contributed by atoms with E-state index in [2.05, 4.69) is 65.3 Å². The Bertz CT molecular complexity index is 1070. The van der Waals surface area contributed by atoms with Crippen LogP contribution in [-0.2, 0) is 20.8 Å². The predicted octanol–water partition coefficient (Wildman–Crippen LogP) is 6.06. The van der Waals surface area contributed by atoms with E-state index in [9.17, 15) is 4.79 Å². The van der Waals surface area contributed by atoms with Gasteiger partial charge in [0.25, 0.3) is 0 Å². The van der Waals surface area contributed by atoms with Crippen LogP contribution < -0.4 is 0 Å². The first kappa shape index (κ1) is 28.7. The molecule has 5 aliphatic rings. The summed E-state index contributed by atoms with van der Waals surface area (Å²) in [5.74, 6) is 3.01. The van der Waals surface area contributed by atoms with Crippen molar-refractivity contribution in [3.8, 4) is 0 Å². The minimum atomic E-state index is -0.0934. The third-order valence-electron chi connectivity index (χ3n) is 13.6. The molecule has 1 saturated heterocycles. The SMILES string of the molecule is CC(=O)O[C@H]1[C@@H]([N+]2(C)CCOCC2)CC2C3CCC4C[C@@H]([N+](C)(C)Cc5ccccc5)CC[C@]4(C)C3CC[C@@]21C. The number of likely N-dealkylation sites (N-methyl/N-ethyl adjacent to an activating group) is 1. The number of hydrogen-bond acceptors (Lipinski definition) is 3. The zero-order valence-corrected chi connectivity index (χ0v) is 26.2. The highest BCUT2D eigenvalue weighted by molar-refractivity contribution is 5.66. The molecular weight excluding hydrogens is 496 g/mol. The van der Waals surface area contributed by atoms with E-state index in [0.29, 0.717) is 17.4 Å². The Kier molecular flexibility index (Phi) is 7.44. The minimum Gasteiger partial charge on any atom is -0.456 e. The summed E-state index contributed by atoms with van der Waals surface area (Å²) in [5.41, 5.74) is 2.03. The van der Waals surface area contributed by atoms with Gasteiger partial charge in [0, 0.05) is 30.7 Å². The molecule has 5 nitrogen and oxygen atoms in total. The maximum atomic E-state index is 12.4. The van der Waals surface area contributed by atoms with Crippen molar-refractivity contribution in [3.05, 3.63) is 35.9 Å². The molecule has 1 heterocycles. The summed E-state index contributed by atoms with van der Waals surface area (Å²) in [6.45, 7) is 11.7. The number of quaternary nitrogens is 2. The van der Waals surface area contributed by atoms with Crippen molar-refractivity contribution in [2.75, 3.05) is 47.4 Å². The van der Waals surface area contributed by atoms with Crippen molar-refractivity contribution >= 4 is 5.97 Å². The number of benzene rings is 1. The normalized spacial score (nSPS) is 42.8. The Morgan fingerprint density at radius 1 is 0.975 bits per heavy atom. The lowest BCUT2D eigenvalue weighted by Gasteiger charge is -2.61. The van der Waals surface area contributed by atoms with Crippen molar-refractivity contribution in [1.29, 1.82) is 0 Å². The molecule has 5 fully saturated rings. The molecule has 5 heteroatoms. The molecule has 9 atom stereocenters. The third kappa shape index (κ3) is 4.76. The monoisotopic (exact) mass is 552 g/mol. The molecule has 6 rings (SSSR count). The van der Waals surface area contributed by atoms with Crippen LogP contribution in [0.1, 0.15) is 77.7 Å². The first-order valence-electron chi connectivity index (χ1n) is 16.4. The van der Waals surface area contributed by atoms with Crippen molar-refractivity contribution in [2.24, 2.45) is 34.5 Å². The molecule has 0 bridgehead atoms. The van der Waals surface area contributed by atoms with E-state index in [-0.39, 0.29) is 17.5 Å². The predicted molar refractivity (Wildman–Crippen MR) is 159 cm³/mol. The highest BCUT2D eigenvalue weighted by Gasteiger charge is 2.67. The fraction of sp³-hybridized carbons (Fsp3) is 0.800. The number of nitrogens with zero attached hydrogens (tertiary/aromatic N) is 2. The van der Waals surface area contributed by atoms with Crippen LogP contribution in [0.15, 0.2) is 30.3 Å². The Morgan fingerprint density at radius 2 is 1.68 bits per heavy atom. The van der Waals surface area contributed by atoms with E-state index in [0.717, 1.165) is 65.6 Å². The van der Waals surface area contributed by atoms with Gasteiger partial charge in [0.2, 0.25) is 0 Å². The zero-order valence-electron chi connectivity index (χ0n) is 26.2. The molecule has 1 aromatic rings. The van der Waals surface area contributed by atoms with Crippen LogP contribution in [0.4, 0.5) is 0 Å². The molecule has 4 aliphatic carbocycles. The maximum Gasteiger partial charge on any atom is 0.303 e. The lowest BCUT2D eigenvalue weighted by molar-refractivity contribution is -0.942. The molecule has 40 heavy (non-hydrogen) atoms. The summed E-state index contributed by atoms with van der Waals surface area (Å²) in [6.07, 6.45) is 10.7. The quantitative estimate of drug-likeness (QED) is 0.329. The van der Waals surface area contributed by atoms with Gasteiger partial charge in [-0.1, -0.05) is 44.2 Å². The molecule has 1 aliphatic heterocycles. The first-order valence-corrected chi connectivity index (χ1v) is 16.4. The molecule has 4 unspecified atom stereocenters. The highest BCUT2D eigenvalue weighted by atomic mass is 16.5. The minimum absolute atomic E-state index is 0.0383. The molecule has 4 saturated carbocycles. The number of morpholine rings is 1. The molecular formula is C35H56N2O3+2. The van der Waals surface area contributed by atoms with Gasteiger partial charge < -0.3 is 18.4 Å². The number of fused-ring (bicyclic) bond motifs is 5. The smallest absolute Gasteiger partial charge is 0.303 e. The summed E-state index contributed by atoms with van der Waals surface area (Å²) in [5, 5.41) is 0. The molecule has 1 aromatic carbocycles. The lowest BCUT2D eigenvalue weighted by Crippen LogP contribution is -2.62. The number of ether oxygens (including phenoxy) is 2. The number of carbonyl (C=O) groups excluding carboxylic acids is 1. The molecule has 222 valence electrons. The van der Waals surface area contributed by atoms with Crippen LogP contribution in [0.5, 0.6) is 0 Å². The van der Waals surface area contributed by atoms with E-state index >= 15 is 0 Å². The second-order valence-corrected chi connectivity index (χ2v) is 15.9. The van der Waals surface area contributed by atoms with E-state index < -0.39 is 0 Å². The van der Waals surface area contributed by atoms with Gasteiger partial charge in [-0.05, 0) is 67.6 Å². The summed E-state index contributed by atoms with van der Waals surface area (Å²) in [4.78, 5) is 12.4. The molecule has 0 amide bonds. The fourth-order valence-corrected chi connectivity index (χ4v) is 11.1. The van der Waals surface area contributed by atoms with Gasteiger partial charge in [0.15, 0.2) is 6.10 Å². The van der Waals surface area contributed by atoms with Gasteiger partial charge in [0.05, 0.1) is 40.4 Å². The van der Waals surface area contributed by atoms with Gasteiger partial charge >= 0.3 is 5.97 Å². The average molecular weight is 553 g/mol. The molecule has 0 spiro atoms. The van der Waals surface area contributed by atoms with Gasteiger partial charge in [-0.3, -0.25) is 4.79 Å². The van der Waals surface area contributed by atoms with Crippen LogP contribution in [0.25, 0.3) is 0 Å². The van der Waals surface area contributed by atoms with Crippen molar-refractivity contribution in [3.63, 3.8) is 0 Å². The fourth-order valence-electron chi connectivity index (χ4n) is 11.1. The van der Waals surface area contributed by atoms with Crippen molar-refractivity contribution in [1.82, 2.24) is 0 Å². The van der Waals surface area contributed by atoms with Gasteiger partial charge in [-0.15, -0.1) is 0 Å². The Balaban J connectivity index is 1.21. The Labute approximate surface area is 243 Å². The summed E-state index contributed by atoms with van der Waals surface area (Å²) >= 11 is 0. The number of hydrogen-bond donors (Lipinski definition) is 0. The van der Waals surface area contributed by atoms with Crippen LogP contribution in [0.2, 0.25) is 0 Å². The summed E-state index contributed by atoms with van der Waals surface area (Å²) in [7, 11) is 7.36. The Morgan fingerprint density at radius 3 is 2.38 bits per heavy atom. The van der Waals surface area contributed by atoms with Crippen LogP contribution in [0, 0.1) is 34.5 Å². The largest absolute Gasteiger partial charge is 0.456 e. The first-order chi connectivity index (χ1) is 19.0. The molecule has 0 N–H and O–H groups in total. The maximum absolute atomic E-state index is 12.4. The average Bonchev–Trinajstić information content (AvgIpc) is 3.21. The highest BCUT2D eigenvalue weighted by Crippen LogP contribution is 2.67. The summed E-state index contributed by atoms with van der Waals surface area (Å²) in [6, 6.07) is 12.3. The topological polar surface area (TPSA) is 35.5 Å². The van der Waals surface area contributed by atoms with E-state index in [1.54, 1.807) is 6.92 Å². The van der Waals surface area contributed by atoms with E-state index in [1.807, 2.05) is 0 Å². The second kappa shape index (κ2) is 10.4. The standard InChI is InChI=1S/C35H56N2O3/c1-25(38)40-33-32(37(6)18-20-39-21-19-37)23-31-29-13-12-27-22-28(36(4,5)24-26-10-8-7-9-11-26)14-16-34(27,2)30(29)15-17-35(31,33)3/h7-11,27-33H,12-24H2,1-6H3/q+2/t27?,28-,29?,30?,31?,32-,33-,34-,35-/m0/s1. The van der Waals surface area contributed by atoms with Gasteiger partial charge in [-0.2, -0.15) is 0 Å². The van der Waals surface area contributed by atoms with Crippen molar-refractivity contribution < 1.29 is 23.2 Å². The number of rotatable bonds is 5. The molecule has 0 radical (unpaired) electrons. The van der Waals surface area contributed by atoms with E-state index in [4.69, 9.17) is 9.47 Å². The summed E-state index contributed by atoms with van der Waals surface area (Å²) < 4.78 is 14.2. The van der Waals surface area contributed by atoms with Gasteiger partial charge in [-0.25, -0.2) is 0 Å². The third-order valence-corrected chi connectivity index (χ3v) is 13.6. The van der Waals surface area contributed by atoms with Crippen LogP contribution in [0.3, 0.4) is 0 Å². The Hall–Kier alpha value is -1.43. The second-order valence-electron chi connectivity index (χ2n) is 15.9. The van der Waals surface area contributed by atoms with Crippen LogP contribution in [-0.4, -0.2) is 80.6 Å². The van der Waals surface area contributed by atoms with Crippen LogP contribution >= 0.6 is 0 Å². The number of esters is 1. The van der Waals surface area contributed by atoms with Crippen molar-refractivity contribution in [2.45, 2.75) is 96.9 Å². The molecule has 0 aromatic heterocycles. The zero-order chi connectivity index (χ0) is 28.3. The van der Waals surface area contributed by atoms with Gasteiger partial charge in [0.1, 0.15) is 25.7 Å². The number of carbonyl (C=O) groups is 1. The van der Waals surface area contributed by atoms with E-state index in [1.165, 1.54) is 56.9 Å².